The van der Waals surface area contributed by atoms with Gasteiger partial charge in [0.2, 0.25) is 0 Å². The van der Waals surface area contributed by atoms with Crippen molar-refractivity contribution in [3.05, 3.63) is 35.4 Å². The highest BCUT2D eigenvalue weighted by Gasteiger charge is 2.25. The van der Waals surface area contributed by atoms with Gasteiger partial charge in [-0.15, -0.1) is 0 Å². The van der Waals surface area contributed by atoms with Gasteiger partial charge < -0.3 is 4.90 Å². The summed E-state index contributed by atoms with van der Waals surface area (Å²) in [5, 5.41) is 8.81. The second-order valence-electron chi connectivity index (χ2n) is 5.56. The summed E-state index contributed by atoms with van der Waals surface area (Å²) in [6, 6.07) is 10.2. The largest absolute Gasteiger partial charge is 0.335 e. The van der Waals surface area contributed by atoms with E-state index < -0.39 is 0 Å². The lowest BCUT2D eigenvalue weighted by Gasteiger charge is -2.34. The van der Waals surface area contributed by atoms with Gasteiger partial charge in [0.1, 0.15) is 0 Å². The molecular weight excluding hydrogens is 248 g/mol. The number of hydrogen-bond acceptors (Lipinski definition) is 2. The van der Waals surface area contributed by atoms with Crippen molar-refractivity contribution in [2.75, 3.05) is 6.54 Å². The van der Waals surface area contributed by atoms with E-state index in [0.717, 1.165) is 24.0 Å². The Hall–Kier alpha value is -1.82. The van der Waals surface area contributed by atoms with Gasteiger partial charge in [-0.2, -0.15) is 5.26 Å². The zero-order chi connectivity index (χ0) is 14.4. The van der Waals surface area contributed by atoms with Crippen LogP contribution in [0.3, 0.4) is 0 Å². The molecule has 3 nitrogen and oxygen atoms in total. The molecule has 3 heteroatoms. The minimum Gasteiger partial charge on any atom is -0.335 e. The fourth-order valence-corrected chi connectivity index (χ4v) is 2.88. The van der Waals surface area contributed by atoms with Crippen LogP contribution in [0, 0.1) is 18.3 Å². The van der Waals surface area contributed by atoms with Crippen LogP contribution in [0.15, 0.2) is 24.3 Å². The lowest BCUT2D eigenvalue weighted by atomic mass is 9.93. The Labute approximate surface area is 121 Å². The zero-order valence-corrected chi connectivity index (χ0v) is 12.1. The van der Waals surface area contributed by atoms with Crippen molar-refractivity contribution in [3.8, 4) is 6.07 Å². The average Bonchev–Trinajstić information content (AvgIpc) is 2.49. The fraction of sp³-hybridized carbons (Fsp3) is 0.529. The molecule has 0 atom stereocenters. The van der Waals surface area contributed by atoms with Gasteiger partial charge in [0, 0.05) is 18.2 Å². The van der Waals surface area contributed by atoms with E-state index in [1.807, 2.05) is 36.1 Å². The summed E-state index contributed by atoms with van der Waals surface area (Å²) < 4.78 is 0. The number of rotatable bonds is 4. The Morgan fingerprint density at radius 3 is 2.50 bits per heavy atom. The molecule has 0 unspecified atom stereocenters. The number of hydrogen-bond donors (Lipinski definition) is 0. The maximum atomic E-state index is 12.7. The van der Waals surface area contributed by atoms with Gasteiger partial charge >= 0.3 is 0 Å². The molecule has 106 valence electrons. The van der Waals surface area contributed by atoms with E-state index in [-0.39, 0.29) is 5.91 Å². The molecule has 1 aliphatic rings. The number of carbonyl (C=O) groups excluding carboxylic acids is 1. The maximum Gasteiger partial charge on any atom is 0.254 e. The molecule has 0 aliphatic heterocycles. The predicted molar refractivity (Wildman–Crippen MR) is 79.3 cm³/mol. The molecule has 0 aromatic heterocycles. The summed E-state index contributed by atoms with van der Waals surface area (Å²) >= 11 is 0. The molecule has 0 N–H and O–H groups in total. The van der Waals surface area contributed by atoms with Gasteiger partial charge in [-0.1, -0.05) is 37.0 Å². The number of nitriles is 1. The quantitative estimate of drug-likeness (QED) is 0.837. The summed E-state index contributed by atoms with van der Waals surface area (Å²) in [6.07, 6.45) is 6.20. The van der Waals surface area contributed by atoms with Gasteiger partial charge in [0.15, 0.2) is 0 Å². The van der Waals surface area contributed by atoms with E-state index in [4.69, 9.17) is 5.26 Å². The van der Waals surface area contributed by atoms with Crippen molar-refractivity contribution in [2.24, 2.45) is 0 Å². The maximum absolute atomic E-state index is 12.7. The lowest BCUT2D eigenvalue weighted by molar-refractivity contribution is 0.0639. The minimum atomic E-state index is 0.0761. The lowest BCUT2D eigenvalue weighted by Crippen LogP contribution is -2.42. The van der Waals surface area contributed by atoms with Gasteiger partial charge in [-0.3, -0.25) is 4.79 Å². The first kappa shape index (κ1) is 14.6. The highest BCUT2D eigenvalue weighted by atomic mass is 16.2. The third-order valence-electron chi connectivity index (χ3n) is 4.04. The standard InChI is InChI=1S/C17H22N2O/c1-14-8-10-15(11-9-14)17(20)19(13-5-12-18)16-6-3-2-4-7-16/h8-11,16H,2-7,13H2,1H3. The second-order valence-corrected chi connectivity index (χ2v) is 5.56. The Bertz CT molecular complexity index is 481. The van der Waals surface area contributed by atoms with Crippen LogP contribution in [0.5, 0.6) is 0 Å². The second kappa shape index (κ2) is 7.09. The van der Waals surface area contributed by atoms with Crippen molar-refractivity contribution >= 4 is 5.91 Å². The number of aryl methyl sites for hydroxylation is 1. The van der Waals surface area contributed by atoms with Crippen LogP contribution in [0.2, 0.25) is 0 Å². The molecule has 1 saturated carbocycles. The number of amides is 1. The highest BCUT2D eigenvalue weighted by Crippen LogP contribution is 2.24. The predicted octanol–water partition coefficient (Wildman–Crippen LogP) is 3.68. The van der Waals surface area contributed by atoms with E-state index >= 15 is 0 Å². The van der Waals surface area contributed by atoms with Crippen molar-refractivity contribution in [3.63, 3.8) is 0 Å². The Balaban J connectivity index is 2.14. The van der Waals surface area contributed by atoms with E-state index in [2.05, 4.69) is 6.07 Å². The minimum absolute atomic E-state index is 0.0761. The van der Waals surface area contributed by atoms with Crippen molar-refractivity contribution in [2.45, 2.75) is 51.5 Å². The highest BCUT2D eigenvalue weighted by molar-refractivity contribution is 5.94. The number of nitrogens with zero attached hydrogens (tertiary/aromatic N) is 2. The first-order valence-corrected chi connectivity index (χ1v) is 7.47. The summed E-state index contributed by atoms with van der Waals surface area (Å²) in [5.41, 5.74) is 1.89. The van der Waals surface area contributed by atoms with Crippen LogP contribution in [0.1, 0.15) is 54.4 Å². The molecule has 0 spiro atoms. The summed E-state index contributed by atoms with van der Waals surface area (Å²) in [5.74, 6) is 0.0761. The number of benzene rings is 1. The van der Waals surface area contributed by atoms with Crippen LogP contribution >= 0.6 is 0 Å². The third kappa shape index (κ3) is 3.60. The van der Waals surface area contributed by atoms with E-state index in [0.29, 0.717) is 19.0 Å². The molecule has 1 aromatic carbocycles. The first-order chi connectivity index (χ1) is 9.72. The molecule has 0 bridgehead atoms. The van der Waals surface area contributed by atoms with Crippen LogP contribution in [0.25, 0.3) is 0 Å². The summed E-state index contributed by atoms with van der Waals surface area (Å²) in [6.45, 7) is 2.57. The van der Waals surface area contributed by atoms with Gasteiger partial charge in [0.05, 0.1) is 12.5 Å². The van der Waals surface area contributed by atoms with E-state index in [9.17, 15) is 4.79 Å². The van der Waals surface area contributed by atoms with Crippen LogP contribution in [0.4, 0.5) is 0 Å². The Morgan fingerprint density at radius 2 is 1.90 bits per heavy atom. The van der Waals surface area contributed by atoms with E-state index in [1.165, 1.54) is 19.3 Å². The number of carbonyl (C=O) groups is 1. The van der Waals surface area contributed by atoms with Crippen molar-refractivity contribution < 1.29 is 4.79 Å². The normalized spacial score (nSPS) is 15.6. The van der Waals surface area contributed by atoms with Crippen molar-refractivity contribution in [1.29, 1.82) is 5.26 Å². The monoisotopic (exact) mass is 270 g/mol. The summed E-state index contributed by atoms with van der Waals surface area (Å²) in [7, 11) is 0. The first-order valence-electron chi connectivity index (χ1n) is 7.47. The van der Waals surface area contributed by atoms with E-state index in [1.54, 1.807) is 0 Å². The Morgan fingerprint density at radius 1 is 1.25 bits per heavy atom. The van der Waals surface area contributed by atoms with Gasteiger partial charge in [0.25, 0.3) is 5.91 Å². The smallest absolute Gasteiger partial charge is 0.254 e. The van der Waals surface area contributed by atoms with Crippen LogP contribution in [-0.4, -0.2) is 23.4 Å². The topological polar surface area (TPSA) is 44.1 Å². The summed E-state index contributed by atoms with van der Waals surface area (Å²) in [4.78, 5) is 14.6. The molecule has 0 heterocycles. The molecule has 0 radical (unpaired) electrons. The molecule has 1 aliphatic carbocycles. The van der Waals surface area contributed by atoms with Crippen LogP contribution in [-0.2, 0) is 0 Å². The Kier molecular flexibility index (Phi) is 5.17. The molecule has 2 rings (SSSR count). The third-order valence-corrected chi connectivity index (χ3v) is 4.04. The van der Waals surface area contributed by atoms with Gasteiger partial charge in [-0.25, -0.2) is 0 Å². The van der Waals surface area contributed by atoms with Crippen molar-refractivity contribution in [1.82, 2.24) is 4.90 Å². The molecule has 1 fully saturated rings. The molecule has 1 aromatic rings. The SMILES string of the molecule is Cc1ccc(C(=O)N(CCC#N)C2CCCCC2)cc1. The molecular formula is C17H22N2O. The van der Waals surface area contributed by atoms with Gasteiger partial charge in [-0.05, 0) is 31.9 Å². The molecule has 1 amide bonds. The zero-order valence-electron chi connectivity index (χ0n) is 12.1. The molecule has 0 saturated heterocycles. The fourth-order valence-electron chi connectivity index (χ4n) is 2.88. The van der Waals surface area contributed by atoms with Crippen LogP contribution < -0.4 is 0 Å². The molecule has 20 heavy (non-hydrogen) atoms. The average molecular weight is 270 g/mol.